The molecule has 1 atom stereocenters. The molecule has 84 valence electrons. The highest BCUT2D eigenvalue weighted by molar-refractivity contribution is 5.64. The van der Waals surface area contributed by atoms with Gasteiger partial charge in [-0.15, -0.1) is 0 Å². The number of anilines is 1. The molecule has 1 rings (SSSR count). The Morgan fingerprint density at radius 3 is 2.88 bits per heavy atom. The largest absolute Gasteiger partial charge is 0.394 e. The third-order valence-corrected chi connectivity index (χ3v) is 2.00. The first-order chi connectivity index (χ1) is 7.58. The lowest BCUT2D eigenvalue weighted by Crippen LogP contribution is -2.20. The molecule has 6 nitrogen and oxygen atoms in total. The van der Waals surface area contributed by atoms with Gasteiger partial charge in [0.15, 0.2) is 0 Å². The number of nitrogens with one attached hydrogen (secondary N) is 1. The van der Waals surface area contributed by atoms with E-state index in [9.17, 15) is 10.1 Å². The van der Waals surface area contributed by atoms with Crippen LogP contribution in [0.1, 0.15) is 12.5 Å². The molecule has 0 aliphatic heterocycles. The van der Waals surface area contributed by atoms with Crippen molar-refractivity contribution in [1.29, 1.82) is 5.26 Å². The van der Waals surface area contributed by atoms with Crippen molar-refractivity contribution in [2.45, 2.75) is 13.0 Å². The molecule has 0 radical (unpaired) electrons. The number of nitro groups is 1. The summed E-state index contributed by atoms with van der Waals surface area (Å²) in [4.78, 5) is 10.2. The van der Waals surface area contributed by atoms with Crippen molar-refractivity contribution in [3.63, 3.8) is 0 Å². The van der Waals surface area contributed by atoms with Crippen LogP contribution in [0.25, 0.3) is 0 Å². The highest BCUT2D eigenvalue weighted by Gasteiger charge is 2.15. The Labute approximate surface area is 92.3 Å². The van der Waals surface area contributed by atoms with Gasteiger partial charge in [0.2, 0.25) is 0 Å². The summed E-state index contributed by atoms with van der Waals surface area (Å²) in [7, 11) is 0. The topological polar surface area (TPSA) is 99.2 Å². The van der Waals surface area contributed by atoms with Gasteiger partial charge in [-0.25, -0.2) is 0 Å². The number of nitro benzene ring substituents is 1. The van der Waals surface area contributed by atoms with E-state index < -0.39 is 4.92 Å². The number of nitrogens with zero attached hydrogens (tertiary/aromatic N) is 2. The maximum Gasteiger partial charge on any atom is 0.292 e. The summed E-state index contributed by atoms with van der Waals surface area (Å²) in [6.07, 6.45) is 0. The summed E-state index contributed by atoms with van der Waals surface area (Å²) < 4.78 is 0. The Kier molecular flexibility index (Phi) is 3.80. The average molecular weight is 221 g/mol. The van der Waals surface area contributed by atoms with Crippen LogP contribution in [0.2, 0.25) is 0 Å². The molecule has 1 unspecified atom stereocenters. The average Bonchev–Trinajstić information content (AvgIpc) is 2.28. The molecule has 0 spiro atoms. The van der Waals surface area contributed by atoms with Crippen LogP contribution in [0.4, 0.5) is 11.4 Å². The van der Waals surface area contributed by atoms with Crippen LogP contribution in [-0.2, 0) is 0 Å². The Hall–Kier alpha value is -2.13. The number of benzene rings is 1. The normalized spacial score (nSPS) is 11.6. The zero-order valence-electron chi connectivity index (χ0n) is 8.67. The molecule has 0 aliphatic carbocycles. The van der Waals surface area contributed by atoms with Crippen molar-refractivity contribution in [1.82, 2.24) is 0 Å². The van der Waals surface area contributed by atoms with Gasteiger partial charge in [-0.2, -0.15) is 5.26 Å². The molecule has 2 N–H and O–H groups in total. The Balaban J connectivity index is 3.11. The van der Waals surface area contributed by atoms with Gasteiger partial charge in [0, 0.05) is 12.1 Å². The second kappa shape index (κ2) is 5.09. The minimum absolute atomic E-state index is 0.112. The molecule has 0 aromatic heterocycles. The smallest absolute Gasteiger partial charge is 0.292 e. The maximum atomic E-state index is 10.7. The highest BCUT2D eigenvalue weighted by Crippen LogP contribution is 2.25. The van der Waals surface area contributed by atoms with Gasteiger partial charge in [-0.05, 0) is 19.1 Å². The summed E-state index contributed by atoms with van der Waals surface area (Å²) in [6, 6.07) is 5.63. The van der Waals surface area contributed by atoms with Crippen LogP contribution < -0.4 is 5.32 Å². The molecular formula is C10H11N3O3. The van der Waals surface area contributed by atoms with E-state index in [0.29, 0.717) is 5.56 Å². The molecule has 0 aliphatic rings. The van der Waals surface area contributed by atoms with Gasteiger partial charge < -0.3 is 10.4 Å². The molecular weight excluding hydrogens is 210 g/mol. The van der Waals surface area contributed by atoms with Crippen LogP contribution >= 0.6 is 0 Å². The monoisotopic (exact) mass is 221 g/mol. The minimum atomic E-state index is -0.534. The molecule has 1 aromatic rings. The van der Waals surface area contributed by atoms with Crippen molar-refractivity contribution in [2.24, 2.45) is 0 Å². The zero-order chi connectivity index (χ0) is 12.1. The van der Waals surface area contributed by atoms with Gasteiger partial charge in [0.05, 0.1) is 23.2 Å². The van der Waals surface area contributed by atoms with E-state index >= 15 is 0 Å². The van der Waals surface area contributed by atoms with E-state index in [1.807, 2.05) is 6.07 Å². The summed E-state index contributed by atoms with van der Waals surface area (Å²) in [5.74, 6) is 0. The molecule has 0 saturated heterocycles. The first-order valence-electron chi connectivity index (χ1n) is 4.64. The summed E-state index contributed by atoms with van der Waals surface area (Å²) in [5, 5.41) is 31.0. The number of nitriles is 1. The minimum Gasteiger partial charge on any atom is -0.394 e. The van der Waals surface area contributed by atoms with E-state index in [1.165, 1.54) is 18.2 Å². The predicted octanol–water partition coefficient (Wildman–Crippen LogP) is 1.26. The van der Waals surface area contributed by atoms with E-state index in [1.54, 1.807) is 6.92 Å². The predicted molar refractivity (Wildman–Crippen MR) is 58.0 cm³/mol. The highest BCUT2D eigenvalue weighted by atomic mass is 16.6. The fourth-order valence-electron chi connectivity index (χ4n) is 1.19. The number of rotatable bonds is 4. The molecule has 0 heterocycles. The van der Waals surface area contributed by atoms with Gasteiger partial charge in [-0.3, -0.25) is 10.1 Å². The van der Waals surface area contributed by atoms with Crippen molar-refractivity contribution < 1.29 is 10.0 Å². The molecule has 0 fully saturated rings. The Bertz CT molecular complexity index is 439. The quantitative estimate of drug-likeness (QED) is 0.589. The summed E-state index contributed by atoms with van der Waals surface area (Å²) in [5.41, 5.74) is 0.461. The third kappa shape index (κ3) is 2.68. The van der Waals surface area contributed by atoms with Crippen molar-refractivity contribution in [3.05, 3.63) is 33.9 Å². The molecule has 0 amide bonds. The lowest BCUT2D eigenvalue weighted by Gasteiger charge is -2.12. The number of hydrogen-bond donors (Lipinski definition) is 2. The Morgan fingerprint density at radius 1 is 1.69 bits per heavy atom. The summed E-state index contributed by atoms with van der Waals surface area (Å²) in [6.45, 7) is 1.54. The van der Waals surface area contributed by atoms with Crippen LogP contribution in [0.5, 0.6) is 0 Å². The molecule has 1 aromatic carbocycles. The first kappa shape index (κ1) is 11.9. The first-order valence-corrected chi connectivity index (χ1v) is 4.64. The number of aliphatic hydroxyl groups is 1. The zero-order valence-corrected chi connectivity index (χ0v) is 8.67. The second-order valence-corrected chi connectivity index (χ2v) is 3.33. The van der Waals surface area contributed by atoms with Crippen molar-refractivity contribution in [3.8, 4) is 6.07 Å². The number of hydrogen-bond acceptors (Lipinski definition) is 5. The third-order valence-electron chi connectivity index (χ3n) is 2.00. The fraction of sp³-hybridized carbons (Fsp3) is 0.300. The van der Waals surface area contributed by atoms with Crippen LogP contribution in [0, 0.1) is 21.4 Å². The van der Waals surface area contributed by atoms with Crippen LogP contribution in [-0.4, -0.2) is 22.7 Å². The molecule has 16 heavy (non-hydrogen) atoms. The lowest BCUT2D eigenvalue weighted by molar-refractivity contribution is -0.384. The van der Waals surface area contributed by atoms with Crippen molar-refractivity contribution in [2.75, 3.05) is 11.9 Å². The standard InChI is InChI=1S/C10H11N3O3/c1-7(6-14)12-9-4-8(5-11)2-3-10(9)13(15)16/h2-4,7,12,14H,6H2,1H3. The van der Waals surface area contributed by atoms with Gasteiger partial charge >= 0.3 is 0 Å². The lowest BCUT2D eigenvalue weighted by atomic mass is 10.1. The molecule has 0 bridgehead atoms. The van der Waals surface area contributed by atoms with Crippen LogP contribution in [0.3, 0.4) is 0 Å². The van der Waals surface area contributed by atoms with Crippen molar-refractivity contribution >= 4 is 11.4 Å². The fourth-order valence-corrected chi connectivity index (χ4v) is 1.19. The van der Waals surface area contributed by atoms with Gasteiger partial charge in [0.1, 0.15) is 5.69 Å². The summed E-state index contributed by atoms with van der Waals surface area (Å²) >= 11 is 0. The number of aliphatic hydroxyl groups excluding tert-OH is 1. The molecule has 0 saturated carbocycles. The Morgan fingerprint density at radius 2 is 2.38 bits per heavy atom. The van der Waals surface area contributed by atoms with E-state index in [-0.39, 0.29) is 24.0 Å². The van der Waals surface area contributed by atoms with E-state index in [0.717, 1.165) is 0 Å². The van der Waals surface area contributed by atoms with Gasteiger partial charge in [0.25, 0.3) is 5.69 Å². The second-order valence-electron chi connectivity index (χ2n) is 3.33. The SMILES string of the molecule is CC(CO)Nc1cc(C#N)ccc1[N+](=O)[O-]. The van der Waals surface area contributed by atoms with Gasteiger partial charge in [-0.1, -0.05) is 0 Å². The maximum absolute atomic E-state index is 10.7. The van der Waals surface area contributed by atoms with E-state index in [4.69, 9.17) is 10.4 Å². The van der Waals surface area contributed by atoms with E-state index in [2.05, 4.69) is 5.32 Å². The van der Waals surface area contributed by atoms with Crippen LogP contribution in [0.15, 0.2) is 18.2 Å². The molecule has 6 heteroatoms.